The van der Waals surface area contributed by atoms with E-state index in [2.05, 4.69) is 0 Å². The van der Waals surface area contributed by atoms with E-state index in [0.717, 1.165) is 25.7 Å². The molecule has 0 unspecified atom stereocenters. The zero-order valence-corrected chi connectivity index (χ0v) is 10.9. The van der Waals surface area contributed by atoms with Gasteiger partial charge in [-0.25, -0.2) is 0 Å². The van der Waals surface area contributed by atoms with E-state index in [1.807, 2.05) is 6.92 Å². The zero-order chi connectivity index (χ0) is 9.90. The molecule has 0 bridgehead atoms. The maximum atomic E-state index is 11.2. The van der Waals surface area contributed by atoms with Crippen LogP contribution in [-0.2, 0) is 4.74 Å². The van der Waals surface area contributed by atoms with E-state index in [-0.39, 0.29) is 10.4 Å². The van der Waals surface area contributed by atoms with Gasteiger partial charge in [-0.3, -0.25) is 0 Å². The summed E-state index contributed by atoms with van der Waals surface area (Å²) in [7, 11) is 11.1. The molecule has 2 nitrogen and oxygen atoms in total. The van der Waals surface area contributed by atoms with Gasteiger partial charge in [0.1, 0.15) is 0 Å². The predicted octanol–water partition coefficient (Wildman–Crippen LogP) is 3.39. The summed E-state index contributed by atoms with van der Waals surface area (Å²) in [6.45, 7) is 1.97. The first kappa shape index (κ1) is 11.7. The molecule has 0 radical (unpaired) electrons. The Balaban J connectivity index is 2.45. The number of carbonyl (C=O) groups is 1. The molecule has 76 valence electrons. The Labute approximate surface area is 91.5 Å². The van der Waals surface area contributed by atoms with Gasteiger partial charge in [0.2, 0.25) is 0 Å². The number of hydrogen-bond donors (Lipinski definition) is 0. The second-order valence-electron chi connectivity index (χ2n) is 3.61. The first-order chi connectivity index (χ1) is 6.03. The van der Waals surface area contributed by atoms with Crippen molar-refractivity contribution in [3.8, 4) is 0 Å². The third-order valence-electron chi connectivity index (χ3n) is 2.38. The molecule has 1 aliphatic rings. The van der Waals surface area contributed by atoms with Crippen LogP contribution in [0, 0.1) is 0 Å². The van der Waals surface area contributed by atoms with Crippen molar-refractivity contribution in [2.45, 2.75) is 44.6 Å². The van der Waals surface area contributed by atoms with E-state index in [1.165, 1.54) is 6.42 Å². The Morgan fingerprint density at radius 2 is 1.85 bits per heavy atom. The molecule has 0 N–H and O–H groups in total. The van der Waals surface area contributed by atoms with Crippen molar-refractivity contribution in [1.29, 1.82) is 0 Å². The molecular formula is C8H13AsCl2O2. The minimum atomic E-state index is -2.36. The van der Waals surface area contributed by atoms with E-state index >= 15 is 0 Å². The first-order valence-corrected chi connectivity index (χ1v) is 10.3. The van der Waals surface area contributed by atoms with Crippen LogP contribution in [0.1, 0.15) is 39.0 Å². The summed E-state index contributed by atoms with van der Waals surface area (Å²) >= 11 is -2.36. The fraction of sp³-hybridized carbons (Fsp3) is 0.875. The van der Waals surface area contributed by atoms with Crippen molar-refractivity contribution in [2.24, 2.45) is 0 Å². The van der Waals surface area contributed by atoms with Gasteiger partial charge in [-0.15, -0.1) is 0 Å². The topological polar surface area (TPSA) is 26.3 Å². The molecule has 0 aromatic heterocycles. The molecule has 0 amide bonds. The molecule has 0 aliphatic heterocycles. The molecular weight excluding hydrogens is 274 g/mol. The van der Waals surface area contributed by atoms with Gasteiger partial charge in [0, 0.05) is 0 Å². The molecule has 5 heteroatoms. The fourth-order valence-electron chi connectivity index (χ4n) is 1.65. The number of halogens is 2. The first-order valence-electron chi connectivity index (χ1n) is 4.38. The summed E-state index contributed by atoms with van der Waals surface area (Å²) in [5.74, 6) is 0. The number of hydrogen-bond acceptors (Lipinski definition) is 2. The average molecular weight is 287 g/mol. The SMILES string of the molecule is CC1(OC(=O)[As](Cl)Cl)CCCCC1. The van der Waals surface area contributed by atoms with Crippen molar-refractivity contribution < 1.29 is 9.53 Å². The van der Waals surface area contributed by atoms with Crippen LogP contribution in [0.4, 0.5) is 4.79 Å². The molecule has 0 spiro atoms. The quantitative estimate of drug-likeness (QED) is 0.728. The van der Waals surface area contributed by atoms with Gasteiger partial charge in [0.15, 0.2) is 0 Å². The molecule has 0 atom stereocenters. The van der Waals surface area contributed by atoms with Gasteiger partial charge in [-0.05, 0) is 0 Å². The summed E-state index contributed by atoms with van der Waals surface area (Å²) in [5.41, 5.74) is -0.299. The standard InChI is InChI=1S/C8H13AsCl2O2/c1-8(5-3-2-4-6-8)13-7(12)9(10)11/h2-6H2,1H3. The molecule has 0 aromatic rings. The second kappa shape index (κ2) is 4.91. The molecule has 0 aromatic carbocycles. The van der Waals surface area contributed by atoms with Crippen LogP contribution >= 0.6 is 19.9 Å². The Kier molecular flexibility index (Phi) is 4.41. The normalized spacial score (nSPS) is 21.5. The van der Waals surface area contributed by atoms with Crippen LogP contribution < -0.4 is 0 Å². The van der Waals surface area contributed by atoms with Crippen molar-refractivity contribution >= 4 is 37.4 Å². The summed E-state index contributed by atoms with van der Waals surface area (Å²) in [6.07, 6.45) is 5.36. The Bertz CT molecular complexity index is 191. The third kappa shape index (κ3) is 3.69. The van der Waals surface area contributed by atoms with E-state index in [1.54, 1.807) is 0 Å². The Morgan fingerprint density at radius 3 is 2.31 bits per heavy atom. The van der Waals surface area contributed by atoms with Crippen LogP contribution in [0.5, 0.6) is 0 Å². The van der Waals surface area contributed by atoms with Crippen molar-refractivity contribution in [1.82, 2.24) is 0 Å². The second-order valence-corrected chi connectivity index (χ2v) is 9.77. The molecule has 1 saturated carbocycles. The average Bonchev–Trinajstić information content (AvgIpc) is 2.04. The zero-order valence-electron chi connectivity index (χ0n) is 7.56. The van der Waals surface area contributed by atoms with Crippen LogP contribution in [0.15, 0.2) is 0 Å². The van der Waals surface area contributed by atoms with E-state index < -0.39 is 12.8 Å². The number of carbonyl (C=O) groups excluding carboxylic acids is 1. The molecule has 1 fully saturated rings. The molecule has 13 heavy (non-hydrogen) atoms. The van der Waals surface area contributed by atoms with Crippen LogP contribution in [0.2, 0.25) is 0 Å². The van der Waals surface area contributed by atoms with Gasteiger partial charge in [0.05, 0.1) is 0 Å². The maximum absolute atomic E-state index is 11.2. The molecule has 0 heterocycles. The van der Waals surface area contributed by atoms with Gasteiger partial charge in [-0.2, -0.15) is 0 Å². The predicted molar refractivity (Wildman–Crippen MR) is 55.4 cm³/mol. The molecule has 0 saturated heterocycles. The van der Waals surface area contributed by atoms with Gasteiger partial charge in [0.25, 0.3) is 0 Å². The Hall–Kier alpha value is 0.608. The fourth-order valence-corrected chi connectivity index (χ4v) is 2.61. The van der Waals surface area contributed by atoms with Gasteiger partial charge in [-0.1, -0.05) is 0 Å². The minimum absolute atomic E-state index is 0.299. The van der Waals surface area contributed by atoms with Crippen molar-refractivity contribution in [3.05, 3.63) is 0 Å². The third-order valence-corrected chi connectivity index (χ3v) is 4.59. The number of rotatable bonds is 2. The van der Waals surface area contributed by atoms with Crippen LogP contribution in [0.3, 0.4) is 0 Å². The monoisotopic (exact) mass is 286 g/mol. The summed E-state index contributed by atoms with van der Waals surface area (Å²) in [6, 6.07) is 0. The molecule has 1 rings (SSSR count). The van der Waals surface area contributed by atoms with Gasteiger partial charge < -0.3 is 0 Å². The summed E-state index contributed by atoms with van der Waals surface area (Å²) < 4.78 is 4.93. The summed E-state index contributed by atoms with van der Waals surface area (Å²) in [5, 5.41) is 0. The van der Waals surface area contributed by atoms with Crippen molar-refractivity contribution in [2.75, 3.05) is 0 Å². The van der Waals surface area contributed by atoms with E-state index in [0.29, 0.717) is 0 Å². The number of ether oxygens (including phenoxy) is 1. The van der Waals surface area contributed by atoms with E-state index in [9.17, 15) is 4.79 Å². The van der Waals surface area contributed by atoms with Crippen LogP contribution in [-0.4, -0.2) is 23.1 Å². The molecule has 1 aliphatic carbocycles. The van der Waals surface area contributed by atoms with Gasteiger partial charge >= 0.3 is 91.6 Å². The Morgan fingerprint density at radius 1 is 1.31 bits per heavy atom. The van der Waals surface area contributed by atoms with Crippen molar-refractivity contribution in [3.63, 3.8) is 0 Å². The van der Waals surface area contributed by atoms with E-state index in [4.69, 9.17) is 24.6 Å². The van der Waals surface area contributed by atoms with Crippen LogP contribution in [0.25, 0.3) is 0 Å². The summed E-state index contributed by atoms with van der Waals surface area (Å²) in [4.78, 5) is 11.2.